The number of anilines is 1. The van der Waals surface area contributed by atoms with E-state index in [0.717, 1.165) is 11.3 Å². The number of nitrogens with two attached hydrogens (primary N) is 1. The quantitative estimate of drug-likeness (QED) is 0.685. The van der Waals surface area contributed by atoms with E-state index >= 15 is 0 Å². The third-order valence-corrected chi connectivity index (χ3v) is 4.57. The molecular formula is C13H18N4O3S. The third kappa shape index (κ3) is 3.53. The first-order chi connectivity index (χ1) is 9.94. The minimum Gasteiger partial charge on any atom is -0.495 e. The van der Waals surface area contributed by atoms with Crippen molar-refractivity contribution in [3.63, 3.8) is 0 Å². The fourth-order valence-corrected chi connectivity index (χ4v) is 3.08. The SMILES string of the molecule is COc1cc(C)c(N)cc1S(=O)(=O)NCCc1cnc[nH]1. The molecule has 0 aliphatic carbocycles. The molecule has 0 fully saturated rings. The van der Waals surface area contributed by atoms with E-state index in [1.807, 2.05) is 0 Å². The van der Waals surface area contributed by atoms with E-state index in [1.54, 1.807) is 25.5 Å². The van der Waals surface area contributed by atoms with Gasteiger partial charge in [0.2, 0.25) is 10.0 Å². The lowest BCUT2D eigenvalue weighted by Gasteiger charge is -2.12. The molecule has 21 heavy (non-hydrogen) atoms. The summed E-state index contributed by atoms with van der Waals surface area (Å²) in [6.07, 6.45) is 3.72. The van der Waals surface area contributed by atoms with Crippen molar-refractivity contribution in [2.45, 2.75) is 18.2 Å². The molecule has 0 amide bonds. The lowest BCUT2D eigenvalue weighted by atomic mass is 10.2. The maximum Gasteiger partial charge on any atom is 0.244 e. The highest BCUT2D eigenvalue weighted by molar-refractivity contribution is 7.89. The van der Waals surface area contributed by atoms with Gasteiger partial charge in [0.05, 0.1) is 13.4 Å². The Morgan fingerprint density at radius 2 is 2.19 bits per heavy atom. The number of methoxy groups -OCH3 is 1. The molecule has 2 rings (SSSR count). The average Bonchev–Trinajstić information content (AvgIpc) is 2.94. The van der Waals surface area contributed by atoms with Crippen molar-refractivity contribution in [1.29, 1.82) is 0 Å². The molecular weight excluding hydrogens is 292 g/mol. The summed E-state index contributed by atoms with van der Waals surface area (Å²) in [7, 11) is -2.26. The molecule has 0 spiro atoms. The van der Waals surface area contributed by atoms with E-state index in [-0.39, 0.29) is 17.2 Å². The summed E-state index contributed by atoms with van der Waals surface area (Å²) in [6, 6.07) is 3.02. The molecule has 0 saturated heterocycles. The molecule has 0 saturated carbocycles. The molecule has 0 radical (unpaired) electrons. The Balaban J connectivity index is 2.17. The molecule has 4 N–H and O–H groups in total. The summed E-state index contributed by atoms with van der Waals surface area (Å²) in [5, 5.41) is 0. The van der Waals surface area contributed by atoms with Crippen molar-refractivity contribution in [3.8, 4) is 5.75 Å². The Labute approximate surface area is 123 Å². The summed E-state index contributed by atoms with van der Waals surface area (Å²) in [4.78, 5) is 6.83. The van der Waals surface area contributed by atoms with Gasteiger partial charge in [0.1, 0.15) is 10.6 Å². The number of benzene rings is 1. The van der Waals surface area contributed by atoms with Gasteiger partial charge in [0, 0.05) is 30.5 Å². The second kappa shape index (κ2) is 6.15. The van der Waals surface area contributed by atoms with Gasteiger partial charge < -0.3 is 15.5 Å². The van der Waals surface area contributed by atoms with Gasteiger partial charge >= 0.3 is 0 Å². The number of nitrogens with one attached hydrogen (secondary N) is 2. The second-order valence-electron chi connectivity index (χ2n) is 4.58. The number of aryl methyl sites for hydroxylation is 1. The molecule has 0 atom stereocenters. The number of aromatic nitrogens is 2. The van der Waals surface area contributed by atoms with Crippen LogP contribution in [-0.4, -0.2) is 32.0 Å². The number of sulfonamides is 1. The van der Waals surface area contributed by atoms with Gasteiger partial charge in [-0.25, -0.2) is 18.1 Å². The van der Waals surface area contributed by atoms with Crippen LogP contribution in [0.25, 0.3) is 0 Å². The number of rotatable bonds is 6. The van der Waals surface area contributed by atoms with E-state index in [4.69, 9.17) is 10.5 Å². The normalized spacial score (nSPS) is 11.5. The lowest BCUT2D eigenvalue weighted by Crippen LogP contribution is -2.26. The highest BCUT2D eigenvalue weighted by Crippen LogP contribution is 2.28. The maximum absolute atomic E-state index is 12.3. The average molecular weight is 310 g/mol. The van der Waals surface area contributed by atoms with Gasteiger partial charge in [-0.15, -0.1) is 0 Å². The fourth-order valence-electron chi connectivity index (χ4n) is 1.87. The number of imidazole rings is 1. The lowest BCUT2D eigenvalue weighted by molar-refractivity contribution is 0.402. The van der Waals surface area contributed by atoms with E-state index < -0.39 is 10.0 Å². The molecule has 114 valence electrons. The monoisotopic (exact) mass is 310 g/mol. The molecule has 8 heteroatoms. The summed E-state index contributed by atoms with van der Waals surface area (Å²) in [6.45, 7) is 2.04. The Morgan fingerprint density at radius 3 is 2.81 bits per heavy atom. The first kappa shape index (κ1) is 15.3. The predicted molar refractivity (Wildman–Crippen MR) is 79.6 cm³/mol. The molecule has 2 aromatic rings. The van der Waals surface area contributed by atoms with Crippen LogP contribution >= 0.6 is 0 Å². The first-order valence-corrected chi connectivity index (χ1v) is 7.83. The zero-order valence-corrected chi connectivity index (χ0v) is 12.7. The molecule has 7 nitrogen and oxygen atoms in total. The minimum atomic E-state index is -3.68. The van der Waals surface area contributed by atoms with E-state index in [1.165, 1.54) is 13.2 Å². The number of nitrogens with zero attached hydrogens (tertiary/aromatic N) is 1. The zero-order chi connectivity index (χ0) is 15.5. The van der Waals surface area contributed by atoms with E-state index in [0.29, 0.717) is 12.1 Å². The first-order valence-electron chi connectivity index (χ1n) is 6.35. The largest absolute Gasteiger partial charge is 0.495 e. The van der Waals surface area contributed by atoms with Gasteiger partial charge in [-0.05, 0) is 24.6 Å². The summed E-state index contributed by atoms with van der Waals surface area (Å²) in [5.41, 5.74) is 7.81. The predicted octanol–water partition coefficient (Wildman–Crippen LogP) is 0.830. The standard InChI is InChI=1S/C13H18N4O3S/c1-9-5-12(20-2)13(6-11(9)14)21(18,19)17-4-3-10-7-15-8-16-10/h5-8,17H,3-4,14H2,1-2H3,(H,15,16). The van der Waals surface area contributed by atoms with E-state index in [2.05, 4.69) is 14.7 Å². The number of ether oxygens (including phenoxy) is 1. The molecule has 1 heterocycles. The van der Waals surface area contributed by atoms with Gasteiger partial charge in [-0.3, -0.25) is 0 Å². The van der Waals surface area contributed by atoms with Crippen LogP contribution in [0.3, 0.4) is 0 Å². The number of nitrogen functional groups attached to an aromatic ring is 1. The van der Waals surface area contributed by atoms with Gasteiger partial charge in [0.15, 0.2) is 0 Å². The highest BCUT2D eigenvalue weighted by atomic mass is 32.2. The van der Waals surface area contributed by atoms with Gasteiger partial charge in [0.25, 0.3) is 0 Å². The number of hydrogen-bond acceptors (Lipinski definition) is 5. The topological polar surface area (TPSA) is 110 Å². The Bertz CT molecular complexity index is 711. The van der Waals surface area contributed by atoms with Crippen LogP contribution in [0, 0.1) is 6.92 Å². The fraction of sp³-hybridized carbons (Fsp3) is 0.308. The van der Waals surface area contributed by atoms with Crippen molar-refractivity contribution in [2.24, 2.45) is 0 Å². The van der Waals surface area contributed by atoms with E-state index in [9.17, 15) is 8.42 Å². The summed E-state index contributed by atoms with van der Waals surface area (Å²) in [5.74, 6) is 0.274. The number of hydrogen-bond donors (Lipinski definition) is 3. The molecule has 1 aromatic heterocycles. The van der Waals surface area contributed by atoms with Crippen LogP contribution in [0.5, 0.6) is 5.75 Å². The van der Waals surface area contributed by atoms with Crippen molar-refractivity contribution in [3.05, 3.63) is 35.9 Å². The highest BCUT2D eigenvalue weighted by Gasteiger charge is 2.20. The van der Waals surface area contributed by atoms with Crippen LogP contribution < -0.4 is 15.2 Å². The number of aromatic amines is 1. The second-order valence-corrected chi connectivity index (χ2v) is 6.32. The third-order valence-electron chi connectivity index (χ3n) is 3.08. The van der Waals surface area contributed by atoms with Gasteiger partial charge in [-0.1, -0.05) is 0 Å². The van der Waals surface area contributed by atoms with Crippen LogP contribution in [-0.2, 0) is 16.4 Å². The maximum atomic E-state index is 12.3. The molecule has 1 aromatic carbocycles. The minimum absolute atomic E-state index is 0.0395. The van der Waals surface area contributed by atoms with Crippen molar-refractivity contribution >= 4 is 15.7 Å². The zero-order valence-electron chi connectivity index (χ0n) is 11.9. The summed E-state index contributed by atoms with van der Waals surface area (Å²) >= 11 is 0. The van der Waals surface area contributed by atoms with Crippen molar-refractivity contribution in [1.82, 2.24) is 14.7 Å². The van der Waals surface area contributed by atoms with Crippen LogP contribution in [0.15, 0.2) is 29.6 Å². The van der Waals surface area contributed by atoms with Crippen molar-refractivity contribution in [2.75, 3.05) is 19.4 Å². The molecule has 0 unspecified atom stereocenters. The van der Waals surface area contributed by atoms with Crippen LogP contribution in [0.2, 0.25) is 0 Å². The van der Waals surface area contributed by atoms with Crippen LogP contribution in [0.1, 0.15) is 11.3 Å². The molecule has 0 aliphatic heterocycles. The Morgan fingerprint density at radius 1 is 1.43 bits per heavy atom. The van der Waals surface area contributed by atoms with Gasteiger partial charge in [-0.2, -0.15) is 0 Å². The molecule has 0 bridgehead atoms. The number of H-pyrrole nitrogens is 1. The summed E-state index contributed by atoms with van der Waals surface area (Å²) < 4.78 is 32.3. The smallest absolute Gasteiger partial charge is 0.244 e. The van der Waals surface area contributed by atoms with Crippen LogP contribution in [0.4, 0.5) is 5.69 Å². The Kier molecular flexibility index (Phi) is 4.49. The van der Waals surface area contributed by atoms with Crippen molar-refractivity contribution < 1.29 is 13.2 Å². The Hall–Kier alpha value is -2.06. The molecule has 0 aliphatic rings.